The van der Waals surface area contributed by atoms with Gasteiger partial charge in [-0.05, 0) is 25.0 Å². The fourth-order valence-corrected chi connectivity index (χ4v) is 1.47. The normalized spacial score (nSPS) is 9.80. The third-order valence-corrected chi connectivity index (χ3v) is 2.18. The van der Waals surface area contributed by atoms with Crippen molar-refractivity contribution in [3.05, 3.63) is 29.3 Å². The fraction of sp³-hybridized carbons (Fsp3) is 0.417. The summed E-state index contributed by atoms with van der Waals surface area (Å²) in [5.74, 6) is 0.295. The molecule has 0 radical (unpaired) electrons. The van der Waals surface area contributed by atoms with E-state index in [1.807, 2.05) is 19.1 Å². The van der Waals surface area contributed by atoms with Gasteiger partial charge < -0.3 is 9.47 Å². The van der Waals surface area contributed by atoms with Gasteiger partial charge in [0.15, 0.2) is 0 Å². The fourth-order valence-electron chi connectivity index (χ4n) is 1.47. The van der Waals surface area contributed by atoms with Crippen LogP contribution < -0.4 is 4.74 Å². The molecule has 0 amide bonds. The van der Waals surface area contributed by atoms with Crippen LogP contribution in [-0.4, -0.2) is 19.7 Å². The number of carbonyl (C=O) groups excluding carboxylic acids is 1. The minimum atomic E-state index is -0.329. The van der Waals surface area contributed by atoms with Crippen LogP contribution in [0.5, 0.6) is 5.75 Å². The number of carbonyl (C=O) groups is 1. The predicted octanol–water partition coefficient (Wildman–Crippen LogP) is 2.43. The highest BCUT2D eigenvalue weighted by atomic mass is 16.5. The van der Waals surface area contributed by atoms with Crippen LogP contribution in [-0.2, 0) is 11.2 Å². The SMILES string of the molecule is CCOC(=O)c1cccc(CC)c1OC. The number of hydrogen-bond acceptors (Lipinski definition) is 3. The molecular weight excluding hydrogens is 192 g/mol. The second-order valence-electron chi connectivity index (χ2n) is 3.07. The van der Waals surface area contributed by atoms with Crippen LogP contribution in [0.2, 0.25) is 0 Å². The number of para-hydroxylation sites is 1. The largest absolute Gasteiger partial charge is 0.496 e. The van der Waals surface area contributed by atoms with Crippen molar-refractivity contribution in [3.8, 4) is 5.75 Å². The number of ether oxygens (including phenoxy) is 2. The molecule has 0 bridgehead atoms. The number of rotatable bonds is 4. The summed E-state index contributed by atoms with van der Waals surface area (Å²) in [7, 11) is 1.57. The van der Waals surface area contributed by atoms with E-state index in [1.165, 1.54) is 0 Å². The van der Waals surface area contributed by atoms with E-state index in [-0.39, 0.29) is 5.97 Å². The third-order valence-electron chi connectivity index (χ3n) is 2.18. The zero-order valence-corrected chi connectivity index (χ0v) is 9.37. The molecule has 3 nitrogen and oxygen atoms in total. The lowest BCUT2D eigenvalue weighted by atomic mass is 10.1. The Morgan fingerprint density at radius 3 is 2.60 bits per heavy atom. The lowest BCUT2D eigenvalue weighted by molar-refractivity contribution is 0.0522. The Bertz CT molecular complexity index is 345. The number of benzene rings is 1. The van der Waals surface area contributed by atoms with Gasteiger partial charge >= 0.3 is 5.97 Å². The first kappa shape index (κ1) is 11.6. The van der Waals surface area contributed by atoms with Gasteiger partial charge in [0.05, 0.1) is 13.7 Å². The molecule has 0 aliphatic heterocycles. The van der Waals surface area contributed by atoms with Crippen molar-refractivity contribution in [1.82, 2.24) is 0 Å². The first-order valence-corrected chi connectivity index (χ1v) is 5.07. The molecule has 82 valence electrons. The van der Waals surface area contributed by atoms with Gasteiger partial charge in [-0.3, -0.25) is 0 Å². The maximum absolute atomic E-state index is 11.6. The van der Waals surface area contributed by atoms with E-state index < -0.39 is 0 Å². The van der Waals surface area contributed by atoms with Crippen LogP contribution in [0, 0.1) is 0 Å². The molecule has 0 spiro atoms. The van der Waals surface area contributed by atoms with Crippen molar-refractivity contribution >= 4 is 5.97 Å². The Kier molecular flexibility index (Phi) is 4.16. The minimum absolute atomic E-state index is 0.329. The Morgan fingerprint density at radius 2 is 2.07 bits per heavy atom. The number of hydrogen-bond donors (Lipinski definition) is 0. The first-order chi connectivity index (χ1) is 7.24. The molecule has 0 N–H and O–H groups in total. The maximum atomic E-state index is 11.6. The molecular formula is C12H16O3. The summed E-state index contributed by atoms with van der Waals surface area (Å²) < 4.78 is 10.2. The summed E-state index contributed by atoms with van der Waals surface area (Å²) >= 11 is 0. The topological polar surface area (TPSA) is 35.5 Å². The van der Waals surface area contributed by atoms with E-state index in [1.54, 1.807) is 20.1 Å². The number of aryl methyl sites for hydroxylation is 1. The van der Waals surface area contributed by atoms with Crippen LogP contribution in [0.4, 0.5) is 0 Å². The maximum Gasteiger partial charge on any atom is 0.341 e. The van der Waals surface area contributed by atoms with Gasteiger partial charge in [-0.2, -0.15) is 0 Å². The van der Waals surface area contributed by atoms with Crippen molar-refractivity contribution < 1.29 is 14.3 Å². The summed E-state index contributed by atoms with van der Waals surface area (Å²) in [5, 5.41) is 0. The first-order valence-electron chi connectivity index (χ1n) is 5.07. The quantitative estimate of drug-likeness (QED) is 0.713. The van der Waals surface area contributed by atoms with E-state index >= 15 is 0 Å². The molecule has 0 aliphatic rings. The average Bonchev–Trinajstić information content (AvgIpc) is 2.28. The molecule has 0 atom stereocenters. The number of methoxy groups -OCH3 is 1. The van der Waals surface area contributed by atoms with Gasteiger partial charge in [0.1, 0.15) is 11.3 Å². The van der Waals surface area contributed by atoms with Crippen molar-refractivity contribution in [2.75, 3.05) is 13.7 Å². The molecule has 0 fully saturated rings. The standard InChI is InChI=1S/C12H16O3/c1-4-9-7-6-8-10(11(9)14-3)12(13)15-5-2/h6-8H,4-5H2,1-3H3. The molecule has 0 unspecified atom stereocenters. The Labute approximate surface area is 90.0 Å². The van der Waals surface area contributed by atoms with E-state index in [2.05, 4.69) is 0 Å². The highest BCUT2D eigenvalue weighted by molar-refractivity contribution is 5.93. The molecule has 0 heterocycles. The molecule has 0 saturated carbocycles. The van der Waals surface area contributed by atoms with Gasteiger partial charge in [-0.1, -0.05) is 19.1 Å². The molecule has 0 aromatic heterocycles. The molecule has 15 heavy (non-hydrogen) atoms. The lowest BCUT2D eigenvalue weighted by Gasteiger charge is -2.11. The highest BCUT2D eigenvalue weighted by Gasteiger charge is 2.15. The predicted molar refractivity (Wildman–Crippen MR) is 58.3 cm³/mol. The van der Waals surface area contributed by atoms with Gasteiger partial charge in [0, 0.05) is 0 Å². The summed E-state index contributed by atoms with van der Waals surface area (Å²) in [6.07, 6.45) is 0.830. The van der Waals surface area contributed by atoms with Crippen molar-refractivity contribution in [2.24, 2.45) is 0 Å². The van der Waals surface area contributed by atoms with Gasteiger partial charge in [-0.25, -0.2) is 4.79 Å². The van der Waals surface area contributed by atoms with Crippen molar-refractivity contribution in [2.45, 2.75) is 20.3 Å². The highest BCUT2D eigenvalue weighted by Crippen LogP contribution is 2.24. The average molecular weight is 208 g/mol. The van der Waals surface area contributed by atoms with Crippen LogP contribution in [0.25, 0.3) is 0 Å². The van der Waals surface area contributed by atoms with E-state index in [0.29, 0.717) is 17.9 Å². The monoisotopic (exact) mass is 208 g/mol. The van der Waals surface area contributed by atoms with Crippen LogP contribution in [0.1, 0.15) is 29.8 Å². The smallest absolute Gasteiger partial charge is 0.341 e. The molecule has 1 rings (SSSR count). The zero-order chi connectivity index (χ0) is 11.3. The van der Waals surface area contributed by atoms with Gasteiger partial charge in [0.2, 0.25) is 0 Å². The molecule has 3 heteroatoms. The lowest BCUT2D eigenvalue weighted by Crippen LogP contribution is -2.08. The molecule has 1 aromatic carbocycles. The van der Waals surface area contributed by atoms with Crippen molar-refractivity contribution in [3.63, 3.8) is 0 Å². The second-order valence-corrected chi connectivity index (χ2v) is 3.07. The minimum Gasteiger partial charge on any atom is -0.496 e. The molecule has 1 aromatic rings. The van der Waals surface area contributed by atoms with E-state index in [4.69, 9.17) is 9.47 Å². The Balaban J connectivity index is 3.11. The Hall–Kier alpha value is -1.51. The summed E-state index contributed by atoms with van der Waals surface area (Å²) in [6.45, 7) is 4.18. The van der Waals surface area contributed by atoms with E-state index in [0.717, 1.165) is 12.0 Å². The second kappa shape index (κ2) is 5.39. The summed E-state index contributed by atoms with van der Waals surface area (Å²) in [6, 6.07) is 5.51. The summed E-state index contributed by atoms with van der Waals surface area (Å²) in [5.41, 5.74) is 1.52. The Morgan fingerprint density at radius 1 is 1.33 bits per heavy atom. The van der Waals surface area contributed by atoms with Crippen LogP contribution in [0.3, 0.4) is 0 Å². The molecule has 0 aliphatic carbocycles. The van der Waals surface area contributed by atoms with E-state index in [9.17, 15) is 4.79 Å². The van der Waals surface area contributed by atoms with Gasteiger partial charge in [0.25, 0.3) is 0 Å². The molecule has 0 saturated heterocycles. The van der Waals surface area contributed by atoms with Gasteiger partial charge in [-0.15, -0.1) is 0 Å². The third kappa shape index (κ3) is 2.49. The van der Waals surface area contributed by atoms with Crippen LogP contribution >= 0.6 is 0 Å². The van der Waals surface area contributed by atoms with Crippen LogP contribution in [0.15, 0.2) is 18.2 Å². The van der Waals surface area contributed by atoms with Crippen molar-refractivity contribution in [1.29, 1.82) is 0 Å². The number of esters is 1. The summed E-state index contributed by atoms with van der Waals surface area (Å²) in [4.78, 5) is 11.6. The zero-order valence-electron chi connectivity index (χ0n) is 9.37.